The number of aromatic nitrogens is 1. The minimum absolute atomic E-state index is 0. The Labute approximate surface area is 206 Å². The fourth-order valence-corrected chi connectivity index (χ4v) is 5.26. The standard InChI is InChI=1S/C21H28N6O3S.HI/c1-22-21(23-16-18-5-4-6-20(15-18)25-8-2-3-9-25)26-10-12-27(13-11-26)31(28,29)17-19-7-14-30-24-19;/h2-7,14-15H,8-13,16-17H2,1H3,(H,22,23);1H. The Kier molecular flexibility index (Phi) is 8.54. The molecule has 174 valence electrons. The smallest absolute Gasteiger partial charge is 0.220 e. The van der Waals surface area contributed by atoms with Crippen molar-refractivity contribution >= 4 is 45.6 Å². The maximum atomic E-state index is 12.6. The molecule has 1 aromatic carbocycles. The highest BCUT2D eigenvalue weighted by atomic mass is 127. The van der Waals surface area contributed by atoms with Crippen molar-refractivity contribution in [1.82, 2.24) is 19.7 Å². The van der Waals surface area contributed by atoms with Crippen LogP contribution in [0, 0.1) is 0 Å². The summed E-state index contributed by atoms with van der Waals surface area (Å²) in [6, 6.07) is 10.1. The average Bonchev–Trinajstić information content (AvgIpc) is 3.49. The van der Waals surface area contributed by atoms with Gasteiger partial charge in [0.2, 0.25) is 10.0 Å². The van der Waals surface area contributed by atoms with E-state index in [1.54, 1.807) is 13.1 Å². The number of benzene rings is 1. The Balaban J connectivity index is 0.00000289. The highest BCUT2D eigenvalue weighted by Crippen LogP contribution is 2.18. The van der Waals surface area contributed by atoms with Crippen LogP contribution in [0.5, 0.6) is 0 Å². The molecule has 0 radical (unpaired) electrons. The van der Waals surface area contributed by atoms with Gasteiger partial charge in [-0.2, -0.15) is 4.31 Å². The molecular formula is C21H29IN6O3S. The van der Waals surface area contributed by atoms with E-state index < -0.39 is 10.0 Å². The third kappa shape index (κ3) is 6.01. The zero-order chi connectivity index (χ0) is 21.7. The molecule has 4 rings (SSSR count). The van der Waals surface area contributed by atoms with Crippen molar-refractivity contribution in [3.05, 3.63) is 60.0 Å². The lowest BCUT2D eigenvalue weighted by Crippen LogP contribution is -2.53. The van der Waals surface area contributed by atoms with Gasteiger partial charge in [0.15, 0.2) is 5.96 Å². The first-order chi connectivity index (χ1) is 15.0. The van der Waals surface area contributed by atoms with Crippen LogP contribution in [0.2, 0.25) is 0 Å². The van der Waals surface area contributed by atoms with E-state index in [0.717, 1.165) is 19.0 Å². The van der Waals surface area contributed by atoms with E-state index in [4.69, 9.17) is 4.52 Å². The van der Waals surface area contributed by atoms with Gasteiger partial charge < -0.3 is 19.6 Å². The number of aliphatic imine (C=N–C) groups is 1. The van der Waals surface area contributed by atoms with Crippen molar-refractivity contribution in [3.63, 3.8) is 0 Å². The van der Waals surface area contributed by atoms with Crippen LogP contribution in [-0.2, 0) is 22.3 Å². The molecule has 0 bridgehead atoms. The monoisotopic (exact) mass is 572 g/mol. The van der Waals surface area contributed by atoms with Crippen LogP contribution in [0.25, 0.3) is 0 Å². The van der Waals surface area contributed by atoms with Crippen LogP contribution in [0.3, 0.4) is 0 Å². The van der Waals surface area contributed by atoms with Crippen molar-refractivity contribution in [3.8, 4) is 0 Å². The summed E-state index contributed by atoms with van der Waals surface area (Å²) in [5.41, 5.74) is 2.82. The zero-order valence-electron chi connectivity index (χ0n) is 18.1. The van der Waals surface area contributed by atoms with Gasteiger partial charge in [-0.25, -0.2) is 8.42 Å². The number of hydrogen-bond acceptors (Lipinski definition) is 6. The van der Waals surface area contributed by atoms with Crippen molar-refractivity contribution in [1.29, 1.82) is 0 Å². The first-order valence-corrected chi connectivity index (χ1v) is 12.0. The van der Waals surface area contributed by atoms with Crippen LogP contribution in [-0.4, -0.2) is 75.1 Å². The summed E-state index contributed by atoms with van der Waals surface area (Å²) in [5.74, 6) is 0.640. The summed E-state index contributed by atoms with van der Waals surface area (Å²) in [7, 11) is -1.66. The van der Waals surface area contributed by atoms with Gasteiger partial charge in [0.1, 0.15) is 12.0 Å². The molecule has 1 aromatic heterocycles. The molecular weight excluding hydrogens is 543 g/mol. The van der Waals surface area contributed by atoms with Gasteiger partial charge >= 0.3 is 0 Å². The minimum Gasteiger partial charge on any atom is -0.364 e. The number of nitrogens with zero attached hydrogens (tertiary/aromatic N) is 5. The van der Waals surface area contributed by atoms with E-state index in [0.29, 0.717) is 38.4 Å². The van der Waals surface area contributed by atoms with Gasteiger partial charge in [-0.05, 0) is 17.7 Å². The lowest BCUT2D eigenvalue weighted by molar-refractivity contribution is 0.259. The predicted octanol–water partition coefficient (Wildman–Crippen LogP) is 1.89. The molecule has 1 saturated heterocycles. The van der Waals surface area contributed by atoms with E-state index in [1.165, 1.54) is 21.8 Å². The SMILES string of the molecule is CN=C(NCc1cccc(N2CC=CC2)c1)N1CCN(S(=O)(=O)Cc2ccon2)CC1.I. The van der Waals surface area contributed by atoms with Gasteiger partial charge in [0, 0.05) is 64.6 Å². The summed E-state index contributed by atoms with van der Waals surface area (Å²) in [4.78, 5) is 8.81. The Bertz CT molecular complexity index is 1030. The number of nitrogens with one attached hydrogen (secondary N) is 1. The van der Waals surface area contributed by atoms with E-state index >= 15 is 0 Å². The fourth-order valence-electron chi connectivity index (χ4n) is 3.83. The molecule has 0 unspecified atom stereocenters. The predicted molar refractivity (Wildman–Crippen MR) is 136 cm³/mol. The first kappa shape index (κ1) is 24.5. The van der Waals surface area contributed by atoms with Crippen molar-refractivity contribution in [2.24, 2.45) is 4.99 Å². The lowest BCUT2D eigenvalue weighted by Gasteiger charge is -2.35. The molecule has 2 aromatic rings. The Hall–Kier alpha value is -2.12. The number of piperazine rings is 1. The Morgan fingerprint density at radius 2 is 1.91 bits per heavy atom. The van der Waals surface area contributed by atoms with E-state index in [-0.39, 0.29) is 29.7 Å². The van der Waals surface area contributed by atoms with E-state index in [1.807, 2.05) is 0 Å². The molecule has 3 heterocycles. The van der Waals surface area contributed by atoms with E-state index in [9.17, 15) is 8.42 Å². The van der Waals surface area contributed by atoms with Crippen molar-refractivity contribution < 1.29 is 12.9 Å². The molecule has 0 aliphatic carbocycles. The summed E-state index contributed by atoms with van der Waals surface area (Å²) in [6.07, 6.45) is 5.74. The molecule has 0 atom stereocenters. The first-order valence-electron chi connectivity index (χ1n) is 10.4. The molecule has 11 heteroatoms. The quantitative estimate of drug-likeness (QED) is 0.245. The molecule has 32 heavy (non-hydrogen) atoms. The van der Waals surface area contributed by atoms with Crippen LogP contribution in [0.15, 0.2) is 58.3 Å². The number of rotatable bonds is 6. The zero-order valence-corrected chi connectivity index (χ0v) is 21.2. The van der Waals surface area contributed by atoms with Crippen LogP contribution >= 0.6 is 24.0 Å². The number of halogens is 1. The highest BCUT2D eigenvalue weighted by Gasteiger charge is 2.29. The highest BCUT2D eigenvalue weighted by molar-refractivity contribution is 14.0. The molecule has 9 nitrogen and oxygen atoms in total. The summed E-state index contributed by atoms with van der Waals surface area (Å²) < 4.78 is 31.5. The average molecular weight is 572 g/mol. The molecule has 2 aliphatic heterocycles. The van der Waals surface area contributed by atoms with Crippen LogP contribution in [0.4, 0.5) is 5.69 Å². The third-order valence-corrected chi connectivity index (χ3v) is 7.32. The second-order valence-electron chi connectivity index (χ2n) is 7.58. The van der Waals surface area contributed by atoms with Crippen molar-refractivity contribution in [2.75, 3.05) is 51.2 Å². The van der Waals surface area contributed by atoms with Gasteiger partial charge in [-0.3, -0.25) is 4.99 Å². The molecule has 1 fully saturated rings. The number of hydrogen-bond donors (Lipinski definition) is 1. The second kappa shape index (κ2) is 11.1. The van der Waals surface area contributed by atoms with Crippen molar-refractivity contribution in [2.45, 2.75) is 12.3 Å². The Morgan fingerprint density at radius 1 is 1.16 bits per heavy atom. The normalized spacial score (nSPS) is 17.5. The molecule has 2 aliphatic rings. The van der Waals surface area contributed by atoms with Gasteiger partial charge in [0.25, 0.3) is 0 Å². The largest absolute Gasteiger partial charge is 0.364 e. The minimum atomic E-state index is -3.42. The summed E-state index contributed by atoms with van der Waals surface area (Å²) >= 11 is 0. The van der Waals surface area contributed by atoms with Gasteiger partial charge in [0.05, 0.1) is 5.69 Å². The molecule has 1 N–H and O–H groups in total. The summed E-state index contributed by atoms with van der Waals surface area (Å²) in [5, 5.41) is 7.12. The van der Waals surface area contributed by atoms with Gasteiger partial charge in [-0.1, -0.05) is 29.4 Å². The van der Waals surface area contributed by atoms with Crippen LogP contribution < -0.4 is 10.2 Å². The molecule has 0 saturated carbocycles. The fraction of sp³-hybridized carbons (Fsp3) is 0.429. The lowest BCUT2D eigenvalue weighted by atomic mass is 10.2. The van der Waals surface area contributed by atoms with Crippen LogP contribution in [0.1, 0.15) is 11.3 Å². The van der Waals surface area contributed by atoms with Gasteiger partial charge in [-0.15, -0.1) is 24.0 Å². The summed E-state index contributed by atoms with van der Waals surface area (Å²) in [6.45, 7) is 4.54. The maximum absolute atomic E-state index is 12.6. The topological polar surface area (TPSA) is 94.3 Å². The molecule has 0 amide bonds. The second-order valence-corrected chi connectivity index (χ2v) is 9.55. The number of sulfonamides is 1. The number of guanidine groups is 1. The number of anilines is 1. The maximum Gasteiger partial charge on any atom is 0.220 e. The Morgan fingerprint density at radius 3 is 2.56 bits per heavy atom. The van der Waals surface area contributed by atoms with E-state index in [2.05, 4.69) is 61.7 Å². The molecule has 0 spiro atoms. The third-order valence-electron chi connectivity index (χ3n) is 5.51.